The maximum absolute atomic E-state index is 14.6. The molecular weight excluding hydrogens is 339 g/mol. The van der Waals surface area contributed by atoms with Crippen molar-refractivity contribution in [2.24, 2.45) is 11.7 Å². The monoisotopic (exact) mass is 362 g/mol. The summed E-state index contributed by atoms with van der Waals surface area (Å²) in [5, 5.41) is 12.0. The maximum Gasteiger partial charge on any atom is 0.220 e. The molecule has 0 bridgehead atoms. The van der Waals surface area contributed by atoms with Crippen LogP contribution in [0.5, 0.6) is 0 Å². The molecule has 0 spiro atoms. The first-order valence-electron chi connectivity index (χ1n) is 8.64. The fourth-order valence-corrected chi connectivity index (χ4v) is 3.38. The van der Waals surface area contributed by atoms with Crippen molar-refractivity contribution >= 4 is 5.91 Å². The second-order valence-electron chi connectivity index (χ2n) is 6.39. The predicted molar refractivity (Wildman–Crippen MR) is 91.4 cm³/mol. The molecule has 0 radical (unpaired) electrons. The summed E-state index contributed by atoms with van der Waals surface area (Å²) in [5.74, 6) is -0.172. The van der Waals surface area contributed by atoms with Crippen LogP contribution < -0.4 is 5.73 Å². The number of benzene rings is 1. The van der Waals surface area contributed by atoms with Gasteiger partial charge in [0.2, 0.25) is 5.91 Å². The first kappa shape index (κ1) is 18.4. The third-order valence-corrected chi connectivity index (χ3v) is 4.81. The minimum absolute atomic E-state index is 0.142. The van der Waals surface area contributed by atoms with E-state index in [4.69, 9.17) is 10.5 Å². The molecule has 0 aliphatic carbocycles. The Kier molecular flexibility index (Phi) is 5.89. The highest BCUT2D eigenvalue weighted by Gasteiger charge is 2.33. The van der Waals surface area contributed by atoms with Crippen molar-refractivity contribution in [1.82, 2.24) is 25.1 Å². The zero-order valence-electron chi connectivity index (χ0n) is 14.7. The lowest BCUT2D eigenvalue weighted by molar-refractivity contribution is -0.123. The van der Waals surface area contributed by atoms with Gasteiger partial charge in [0.25, 0.3) is 0 Å². The summed E-state index contributed by atoms with van der Waals surface area (Å²) < 4.78 is 21.3. The van der Waals surface area contributed by atoms with Crippen molar-refractivity contribution in [2.75, 3.05) is 26.8 Å². The van der Waals surface area contributed by atoms with Crippen LogP contribution in [0.2, 0.25) is 0 Å². The molecule has 1 amide bonds. The third kappa shape index (κ3) is 3.88. The van der Waals surface area contributed by atoms with Crippen molar-refractivity contribution in [1.29, 1.82) is 0 Å². The Morgan fingerprint density at radius 2 is 2.12 bits per heavy atom. The molecule has 8 nitrogen and oxygen atoms in total. The predicted octanol–water partition coefficient (Wildman–Crippen LogP) is 0.745. The molecule has 0 saturated carbocycles. The number of amides is 1. The van der Waals surface area contributed by atoms with Crippen LogP contribution in [0, 0.1) is 11.7 Å². The van der Waals surface area contributed by atoms with Gasteiger partial charge in [0.1, 0.15) is 11.9 Å². The van der Waals surface area contributed by atoms with Crippen molar-refractivity contribution in [3.8, 4) is 0 Å². The third-order valence-electron chi connectivity index (χ3n) is 4.81. The lowest BCUT2D eigenvalue weighted by Crippen LogP contribution is -2.42. The van der Waals surface area contributed by atoms with Gasteiger partial charge in [-0.2, -0.15) is 0 Å². The number of likely N-dealkylation sites (tertiary alicyclic amines) is 1. The number of hydrogen-bond acceptors (Lipinski definition) is 6. The number of ether oxygens (including phenoxy) is 1. The number of carbonyl (C=O) groups excluding carboxylic acids is 1. The van der Waals surface area contributed by atoms with E-state index in [2.05, 4.69) is 20.4 Å². The Labute approximate surface area is 151 Å². The number of carbonyl (C=O) groups is 1. The highest BCUT2D eigenvalue weighted by atomic mass is 19.1. The van der Waals surface area contributed by atoms with Crippen LogP contribution in [0.1, 0.15) is 30.3 Å². The standard InChI is InChI=1S/C17H23FN6O2/c1-26-11-10-24-17(20-21-22-24)15(13-4-2-3-5-14(13)18)23-8-6-12(7-9-23)16(19)25/h2-5,12,15H,6-11H2,1H3,(H2,19,25). The Balaban J connectivity index is 1.92. The topological polar surface area (TPSA) is 99.2 Å². The Bertz CT molecular complexity index is 744. The zero-order valence-corrected chi connectivity index (χ0v) is 14.7. The van der Waals surface area contributed by atoms with Crippen LogP contribution in [0.25, 0.3) is 0 Å². The molecule has 1 aromatic carbocycles. The van der Waals surface area contributed by atoms with E-state index < -0.39 is 6.04 Å². The van der Waals surface area contributed by atoms with E-state index in [9.17, 15) is 9.18 Å². The Morgan fingerprint density at radius 1 is 1.38 bits per heavy atom. The van der Waals surface area contributed by atoms with E-state index in [-0.39, 0.29) is 17.6 Å². The maximum atomic E-state index is 14.6. The molecule has 1 fully saturated rings. The average molecular weight is 362 g/mol. The molecule has 9 heteroatoms. The molecule has 3 rings (SSSR count). The van der Waals surface area contributed by atoms with Crippen LogP contribution in [0.4, 0.5) is 4.39 Å². The lowest BCUT2D eigenvalue weighted by Gasteiger charge is -2.36. The quantitative estimate of drug-likeness (QED) is 0.780. The number of nitrogens with two attached hydrogens (primary N) is 1. The van der Waals surface area contributed by atoms with Gasteiger partial charge >= 0.3 is 0 Å². The number of aromatic nitrogens is 4. The van der Waals surface area contributed by atoms with Gasteiger partial charge in [-0.25, -0.2) is 9.07 Å². The van der Waals surface area contributed by atoms with Crippen LogP contribution >= 0.6 is 0 Å². The number of piperidine rings is 1. The summed E-state index contributed by atoms with van der Waals surface area (Å²) in [4.78, 5) is 13.6. The summed E-state index contributed by atoms with van der Waals surface area (Å²) in [6.07, 6.45) is 1.28. The fourth-order valence-electron chi connectivity index (χ4n) is 3.38. The van der Waals surface area contributed by atoms with Gasteiger partial charge in [-0.3, -0.25) is 9.69 Å². The number of hydrogen-bond donors (Lipinski definition) is 1. The van der Waals surface area contributed by atoms with E-state index in [1.54, 1.807) is 30.0 Å². The molecule has 26 heavy (non-hydrogen) atoms. The summed E-state index contributed by atoms with van der Waals surface area (Å²) >= 11 is 0. The summed E-state index contributed by atoms with van der Waals surface area (Å²) in [6, 6.07) is 6.20. The van der Waals surface area contributed by atoms with Crippen molar-refractivity contribution in [3.05, 3.63) is 41.5 Å². The van der Waals surface area contributed by atoms with Crippen LogP contribution in [-0.4, -0.2) is 57.8 Å². The molecule has 1 atom stereocenters. The summed E-state index contributed by atoms with van der Waals surface area (Å²) in [7, 11) is 1.60. The largest absolute Gasteiger partial charge is 0.383 e. The van der Waals surface area contributed by atoms with E-state index in [1.165, 1.54) is 6.07 Å². The second kappa shape index (κ2) is 8.33. The van der Waals surface area contributed by atoms with Gasteiger partial charge < -0.3 is 10.5 Å². The first-order valence-corrected chi connectivity index (χ1v) is 8.64. The van der Waals surface area contributed by atoms with E-state index in [0.29, 0.717) is 50.5 Å². The van der Waals surface area contributed by atoms with Gasteiger partial charge in [-0.1, -0.05) is 18.2 Å². The molecule has 140 valence electrons. The van der Waals surface area contributed by atoms with Gasteiger partial charge in [-0.15, -0.1) is 5.10 Å². The molecule has 2 N–H and O–H groups in total. The highest BCUT2D eigenvalue weighted by Crippen LogP contribution is 2.32. The Morgan fingerprint density at radius 3 is 2.77 bits per heavy atom. The molecule has 1 aliphatic rings. The van der Waals surface area contributed by atoms with E-state index >= 15 is 0 Å². The fraction of sp³-hybridized carbons (Fsp3) is 0.529. The molecule has 1 aliphatic heterocycles. The number of methoxy groups -OCH3 is 1. The van der Waals surface area contributed by atoms with Gasteiger partial charge in [0.05, 0.1) is 13.2 Å². The zero-order chi connectivity index (χ0) is 18.5. The number of halogens is 1. The van der Waals surface area contributed by atoms with Crippen molar-refractivity contribution in [2.45, 2.75) is 25.4 Å². The molecule has 2 heterocycles. The molecular formula is C17H23FN6O2. The smallest absolute Gasteiger partial charge is 0.220 e. The van der Waals surface area contributed by atoms with E-state index in [0.717, 1.165) is 0 Å². The first-order chi connectivity index (χ1) is 12.6. The van der Waals surface area contributed by atoms with E-state index in [1.807, 2.05) is 0 Å². The van der Waals surface area contributed by atoms with Crippen LogP contribution in [0.15, 0.2) is 24.3 Å². The minimum Gasteiger partial charge on any atom is -0.383 e. The van der Waals surface area contributed by atoms with Gasteiger partial charge in [-0.05, 0) is 42.4 Å². The molecule has 1 saturated heterocycles. The highest BCUT2D eigenvalue weighted by molar-refractivity contribution is 5.76. The average Bonchev–Trinajstić information content (AvgIpc) is 3.10. The van der Waals surface area contributed by atoms with Crippen LogP contribution in [-0.2, 0) is 16.1 Å². The van der Waals surface area contributed by atoms with Gasteiger partial charge in [0.15, 0.2) is 5.82 Å². The number of tetrazole rings is 1. The number of primary amides is 1. The molecule has 2 aromatic rings. The van der Waals surface area contributed by atoms with Crippen molar-refractivity contribution < 1.29 is 13.9 Å². The molecule has 1 aromatic heterocycles. The van der Waals surface area contributed by atoms with Crippen LogP contribution in [0.3, 0.4) is 0 Å². The number of nitrogens with zero attached hydrogens (tertiary/aromatic N) is 5. The molecule has 1 unspecified atom stereocenters. The second-order valence-corrected chi connectivity index (χ2v) is 6.39. The lowest BCUT2D eigenvalue weighted by atomic mass is 9.93. The van der Waals surface area contributed by atoms with Crippen molar-refractivity contribution in [3.63, 3.8) is 0 Å². The van der Waals surface area contributed by atoms with Gasteiger partial charge in [0, 0.05) is 18.6 Å². The summed E-state index contributed by atoms with van der Waals surface area (Å²) in [5.41, 5.74) is 5.94. The Hall–Kier alpha value is -2.39. The summed E-state index contributed by atoms with van der Waals surface area (Å²) in [6.45, 7) is 2.15. The minimum atomic E-state index is -0.433. The normalized spacial score (nSPS) is 17.3. The SMILES string of the molecule is COCCn1nnnc1C(c1ccccc1F)N1CCC(C(N)=O)CC1. The number of rotatable bonds is 7.